The van der Waals surface area contributed by atoms with Crippen LogP contribution in [-0.2, 0) is 5.41 Å². The molecule has 0 aliphatic heterocycles. The first-order valence-electron chi connectivity index (χ1n) is 8.54. The number of nitrogens with one attached hydrogen (secondary N) is 2. The Morgan fingerprint density at radius 1 is 1.04 bits per heavy atom. The molecule has 0 fully saturated rings. The Labute approximate surface area is 162 Å². The zero-order valence-corrected chi connectivity index (χ0v) is 16.3. The van der Waals surface area contributed by atoms with Crippen molar-refractivity contribution < 1.29 is 4.42 Å². The third kappa shape index (κ3) is 3.31. The first kappa shape index (κ1) is 18.1. The van der Waals surface area contributed by atoms with Crippen LogP contribution in [0.3, 0.4) is 0 Å². The van der Waals surface area contributed by atoms with Gasteiger partial charge in [-0.3, -0.25) is 9.59 Å². The van der Waals surface area contributed by atoms with E-state index in [9.17, 15) is 9.59 Å². The van der Waals surface area contributed by atoms with Gasteiger partial charge in [0.05, 0.1) is 11.7 Å². The Morgan fingerprint density at radius 3 is 2.46 bits per heavy atom. The van der Waals surface area contributed by atoms with Gasteiger partial charge in [0, 0.05) is 11.0 Å². The number of benzene rings is 1. The first-order chi connectivity index (χ1) is 13.3. The predicted molar refractivity (Wildman–Crippen MR) is 107 cm³/mol. The van der Waals surface area contributed by atoms with E-state index >= 15 is 0 Å². The molecule has 0 aliphatic rings. The monoisotopic (exact) mass is 395 g/mol. The van der Waals surface area contributed by atoms with Crippen LogP contribution in [0.2, 0.25) is 0 Å². The molecular weight excluding hydrogens is 378 g/mol. The average molecular weight is 395 g/mol. The number of oxazole rings is 1. The molecule has 4 rings (SSSR count). The highest BCUT2D eigenvalue weighted by atomic mass is 32.1. The van der Waals surface area contributed by atoms with Crippen LogP contribution in [0.25, 0.3) is 23.2 Å². The molecule has 0 saturated heterocycles. The second-order valence-electron chi connectivity index (χ2n) is 7.32. The highest BCUT2D eigenvalue weighted by molar-refractivity contribution is 7.00. The van der Waals surface area contributed by atoms with Gasteiger partial charge in [-0.2, -0.15) is 8.75 Å². The van der Waals surface area contributed by atoms with Gasteiger partial charge in [-0.15, -0.1) is 0 Å². The van der Waals surface area contributed by atoms with Crippen molar-refractivity contribution in [2.75, 3.05) is 0 Å². The first-order valence-corrected chi connectivity index (χ1v) is 9.27. The molecule has 0 radical (unpaired) electrons. The molecule has 4 aromatic rings. The van der Waals surface area contributed by atoms with Gasteiger partial charge in [-0.05, 0) is 18.2 Å². The van der Waals surface area contributed by atoms with Gasteiger partial charge < -0.3 is 14.4 Å². The summed E-state index contributed by atoms with van der Waals surface area (Å²) < 4.78 is 13.9. The maximum Gasteiger partial charge on any atom is 0.272 e. The van der Waals surface area contributed by atoms with Crippen LogP contribution >= 0.6 is 11.7 Å². The van der Waals surface area contributed by atoms with Crippen LogP contribution in [0.5, 0.6) is 0 Å². The van der Waals surface area contributed by atoms with Crippen LogP contribution in [0.1, 0.15) is 37.8 Å². The Kier molecular flexibility index (Phi) is 4.31. The van der Waals surface area contributed by atoms with E-state index in [1.54, 1.807) is 6.08 Å². The molecule has 1 aromatic carbocycles. The lowest BCUT2D eigenvalue weighted by Gasteiger charge is -2.14. The molecular formula is C19H17N5O3S. The maximum absolute atomic E-state index is 12.5. The quantitative estimate of drug-likeness (QED) is 0.523. The fraction of sp³-hybridized carbons (Fsp3) is 0.211. The summed E-state index contributed by atoms with van der Waals surface area (Å²) in [6.45, 7) is 5.93. The van der Waals surface area contributed by atoms with Gasteiger partial charge in [-0.1, -0.05) is 32.9 Å². The molecule has 3 heterocycles. The summed E-state index contributed by atoms with van der Waals surface area (Å²) in [6.07, 6.45) is 4.42. The highest BCUT2D eigenvalue weighted by Gasteiger charge is 2.21. The van der Waals surface area contributed by atoms with Crippen LogP contribution < -0.4 is 21.8 Å². The molecule has 0 unspecified atom stereocenters. The molecule has 3 aromatic heterocycles. The van der Waals surface area contributed by atoms with Gasteiger partial charge in [-0.25, -0.2) is 4.98 Å². The molecule has 142 valence electrons. The van der Waals surface area contributed by atoms with Gasteiger partial charge in [0.1, 0.15) is 33.2 Å². The van der Waals surface area contributed by atoms with Gasteiger partial charge >= 0.3 is 0 Å². The number of H-pyrrole nitrogens is 2. The van der Waals surface area contributed by atoms with E-state index < -0.39 is 11.1 Å². The number of hydrogen-bond donors (Lipinski definition) is 2. The minimum Gasteiger partial charge on any atom is -0.447 e. The summed E-state index contributed by atoms with van der Waals surface area (Å²) >= 11 is 1.09. The number of aromatic amines is 2. The minimum absolute atomic E-state index is 0.107. The van der Waals surface area contributed by atoms with Crippen LogP contribution in [0.4, 0.5) is 0 Å². The second-order valence-corrected chi connectivity index (χ2v) is 7.85. The lowest BCUT2D eigenvalue weighted by atomic mass is 9.92. The Bertz CT molecular complexity index is 1400. The molecule has 0 amide bonds. The van der Waals surface area contributed by atoms with Crippen molar-refractivity contribution in [2.45, 2.75) is 26.2 Å². The fourth-order valence-corrected chi connectivity index (χ4v) is 3.41. The standard InChI is InChI=1S/C19H17N5O3S/c1-19(2,3)16-12(20-9-27-16)8-14-18(26)21-13(17(25)22-14)7-10-5-4-6-11-15(10)24-28-23-11/h4-9H,1-3H3,(H,21,26)(H,22,25). The number of hydrogen-bond acceptors (Lipinski definition) is 7. The van der Waals surface area contributed by atoms with Crippen molar-refractivity contribution in [3.05, 3.63) is 73.0 Å². The summed E-state index contributed by atoms with van der Waals surface area (Å²) in [5.41, 5.74) is 1.48. The largest absolute Gasteiger partial charge is 0.447 e. The smallest absolute Gasteiger partial charge is 0.272 e. The van der Waals surface area contributed by atoms with Gasteiger partial charge in [0.15, 0.2) is 6.39 Å². The third-order valence-electron chi connectivity index (χ3n) is 4.16. The van der Waals surface area contributed by atoms with E-state index in [0.29, 0.717) is 22.5 Å². The molecule has 2 N–H and O–H groups in total. The summed E-state index contributed by atoms with van der Waals surface area (Å²) in [7, 11) is 0. The van der Waals surface area contributed by atoms with E-state index in [1.807, 2.05) is 39.0 Å². The lowest BCUT2D eigenvalue weighted by molar-refractivity contribution is 0.407. The van der Waals surface area contributed by atoms with E-state index in [1.165, 1.54) is 12.5 Å². The van der Waals surface area contributed by atoms with E-state index in [2.05, 4.69) is 23.7 Å². The zero-order chi connectivity index (χ0) is 19.9. The van der Waals surface area contributed by atoms with Crippen molar-refractivity contribution in [2.24, 2.45) is 0 Å². The molecule has 0 bridgehead atoms. The summed E-state index contributed by atoms with van der Waals surface area (Å²) in [4.78, 5) is 34.5. The number of nitrogens with zero attached hydrogens (tertiary/aromatic N) is 3. The Balaban J connectivity index is 1.87. The van der Waals surface area contributed by atoms with E-state index in [-0.39, 0.29) is 16.1 Å². The molecule has 0 aliphatic carbocycles. The molecule has 28 heavy (non-hydrogen) atoms. The number of aromatic nitrogens is 5. The fourth-order valence-electron chi connectivity index (χ4n) is 2.85. The minimum atomic E-state index is -0.433. The molecule has 9 heteroatoms. The van der Waals surface area contributed by atoms with E-state index in [0.717, 1.165) is 17.2 Å². The Hall–Kier alpha value is -3.33. The predicted octanol–water partition coefficient (Wildman–Crippen LogP) is 1.01. The zero-order valence-electron chi connectivity index (χ0n) is 15.4. The SMILES string of the molecule is CC(C)(C)c1ocnc1C=c1[nH]c(=O)c(=Cc2cccc3nsnc23)[nH]c1=O. The summed E-state index contributed by atoms with van der Waals surface area (Å²) in [5, 5.41) is 0.244. The number of fused-ring (bicyclic) bond motifs is 1. The van der Waals surface area contributed by atoms with Crippen LogP contribution in [-0.4, -0.2) is 23.7 Å². The average Bonchev–Trinajstić information content (AvgIpc) is 3.28. The third-order valence-corrected chi connectivity index (χ3v) is 4.70. The number of rotatable bonds is 2. The summed E-state index contributed by atoms with van der Waals surface area (Å²) in [6, 6.07) is 5.47. The van der Waals surface area contributed by atoms with E-state index in [4.69, 9.17) is 4.42 Å². The van der Waals surface area contributed by atoms with Crippen molar-refractivity contribution in [1.29, 1.82) is 0 Å². The van der Waals surface area contributed by atoms with Crippen molar-refractivity contribution >= 4 is 34.9 Å². The lowest BCUT2D eigenvalue weighted by Crippen LogP contribution is -2.46. The van der Waals surface area contributed by atoms with Crippen molar-refractivity contribution in [1.82, 2.24) is 23.7 Å². The maximum atomic E-state index is 12.5. The molecule has 8 nitrogen and oxygen atoms in total. The van der Waals surface area contributed by atoms with Gasteiger partial charge in [0.2, 0.25) is 0 Å². The van der Waals surface area contributed by atoms with Crippen molar-refractivity contribution in [3.63, 3.8) is 0 Å². The second kappa shape index (κ2) is 6.68. The van der Waals surface area contributed by atoms with Crippen LogP contribution in [0.15, 0.2) is 38.6 Å². The normalized spacial score (nSPS) is 13.5. The highest BCUT2D eigenvalue weighted by Crippen LogP contribution is 2.25. The van der Waals surface area contributed by atoms with Crippen molar-refractivity contribution in [3.8, 4) is 0 Å². The summed E-state index contributed by atoms with van der Waals surface area (Å²) in [5.74, 6) is 0.631. The molecule has 0 saturated carbocycles. The van der Waals surface area contributed by atoms with Crippen LogP contribution in [0, 0.1) is 0 Å². The topological polar surface area (TPSA) is 118 Å². The molecule has 0 atom stereocenters. The van der Waals surface area contributed by atoms with Gasteiger partial charge in [0.25, 0.3) is 11.1 Å². The Morgan fingerprint density at radius 2 is 1.75 bits per heavy atom. The molecule has 0 spiro atoms.